The molecule has 0 spiro atoms. The summed E-state index contributed by atoms with van der Waals surface area (Å²) in [6.45, 7) is 2.02. The first kappa shape index (κ1) is 20.0. The van der Waals surface area contributed by atoms with Crippen LogP contribution in [0, 0.1) is 0 Å². The Hall–Kier alpha value is -1.71. The van der Waals surface area contributed by atoms with Crippen LogP contribution in [-0.4, -0.2) is 25.0 Å². The number of fused-ring (bicyclic) bond motifs is 1. The van der Waals surface area contributed by atoms with Gasteiger partial charge in [-0.15, -0.1) is 11.8 Å². The van der Waals surface area contributed by atoms with Crippen LogP contribution in [-0.2, 0) is 18.1 Å². The molecule has 27 heavy (non-hydrogen) atoms. The SMILES string of the molecule is CCSc1cc(Cl)ccc1-c1nc2cc(OS(=O)C(F)(F)F)ccc2n1C. The van der Waals surface area contributed by atoms with E-state index in [9.17, 15) is 17.4 Å². The van der Waals surface area contributed by atoms with Crippen molar-refractivity contribution in [3.05, 3.63) is 41.4 Å². The predicted octanol–water partition coefficient (Wildman–Crippen LogP) is 5.57. The van der Waals surface area contributed by atoms with Crippen molar-refractivity contribution in [2.24, 2.45) is 7.05 Å². The summed E-state index contributed by atoms with van der Waals surface area (Å²) < 4.78 is 54.8. The molecule has 10 heteroatoms. The largest absolute Gasteiger partial charge is 0.508 e. The van der Waals surface area contributed by atoms with Gasteiger partial charge in [-0.1, -0.05) is 18.5 Å². The van der Waals surface area contributed by atoms with Crippen molar-refractivity contribution >= 4 is 45.5 Å². The van der Waals surface area contributed by atoms with Gasteiger partial charge in [0.05, 0.1) is 11.0 Å². The molecule has 0 saturated carbocycles. The van der Waals surface area contributed by atoms with Crippen LogP contribution in [0.15, 0.2) is 41.3 Å². The van der Waals surface area contributed by atoms with Gasteiger partial charge in [-0.05, 0) is 36.1 Å². The Labute approximate surface area is 165 Å². The van der Waals surface area contributed by atoms with E-state index in [4.69, 9.17) is 11.6 Å². The second-order valence-electron chi connectivity index (χ2n) is 5.48. The van der Waals surface area contributed by atoms with E-state index in [1.165, 1.54) is 12.1 Å². The van der Waals surface area contributed by atoms with Crippen LogP contribution in [0.2, 0.25) is 5.02 Å². The van der Waals surface area contributed by atoms with Crippen LogP contribution >= 0.6 is 23.4 Å². The highest BCUT2D eigenvalue weighted by molar-refractivity contribution is 7.99. The lowest BCUT2D eigenvalue weighted by atomic mass is 10.2. The number of halogens is 4. The molecular weight excluding hydrogens is 421 g/mol. The van der Waals surface area contributed by atoms with Gasteiger partial charge in [0.15, 0.2) is 0 Å². The maximum atomic E-state index is 12.4. The second-order valence-corrected chi connectivity index (χ2v) is 8.32. The van der Waals surface area contributed by atoms with Crippen LogP contribution in [0.25, 0.3) is 22.4 Å². The van der Waals surface area contributed by atoms with Crippen molar-refractivity contribution in [3.8, 4) is 17.1 Å². The van der Waals surface area contributed by atoms with E-state index < -0.39 is 16.6 Å². The number of hydrogen-bond acceptors (Lipinski definition) is 4. The normalized spacial score (nSPS) is 13.1. The third-order valence-corrected chi connectivity index (χ3v) is 5.59. The van der Waals surface area contributed by atoms with Crippen molar-refractivity contribution in [1.29, 1.82) is 0 Å². The smallest absolute Gasteiger partial charge is 0.394 e. The maximum absolute atomic E-state index is 12.4. The minimum atomic E-state index is -4.94. The summed E-state index contributed by atoms with van der Waals surface area (Å²) in [5.41, 5.74) is -2.93. The van der Waals surface area contributed by atoms with E-state index in [1.54, 1.807) is 23.9 Å². The van der Waals surface area contributed by atoms with E-state index >= 15 is 0 Å². The fraction of sp³-hybridized carbons (Fsp3) is 0.235. The first-order chi connectivity index (χ1) is 12.7. The lowest BCUT2D eigenvalue weighted by molar-refractivity contribution is -0.0437. The summed E-state index contributed by atoms with van der Waals surface area (Å²) in [5.74, 6) is 1.33. The molecule has 0 aliphatic rings. The second kappa shape index (κ2) is 7.73. The molecule has 0 saturated heterocycles. The van der Waals surface area contributed by atoms with Crippen LogP contribution in [0.1, 0.15) is 6.92 Å². The molecule has 0 aliphatic carbocycles. The van der Waals surface area contributed by atoms with E-state index in [0.29, 0.717) is 21.9 Å². The number of aryl methyl sites for hydroxylation is 1. The highest BCUT2D eigenvalue weighted by Gasteiger charge is 2.40. The molecule has 1 heterocycles. The average molecular weight is 435 g/mol. The summed E-state index contributed by atoms with van der Waals surface area (Å²) in [6, 6.07) is 9.73. The fourth-order valence-electron chi connectivity index (χ4n) is 2.56. The van der Waals surface area contributed by atoms with Gasteiger partial charge in [0.2, 0.25) is 0 Å². The van der Waals surface area contributed by atoms with E-state index in [0.717, 1.165) is 16.2 Å². The van der Waals surface area contributed by atoms with Crippen LogP contribution in [0.4, 0.5) is 13.2 Å². The number of thioether (sulfide) groups is 1. The molecule has 0 fully saturated rings. The van der Waals surface area contributed by atoms with Crippen molar-refractivity contribution in [1.82, 2.24) is 9.55 Å². The molecule has 0 N–H and O–H groups in total. The van der Waals surface area contributed by atoms with Gasteiger partial charge in [0.25, 0.3) is 0 Å². The van der Waals surface area contributed by atoms with E-state index in [1.807, 2.05) is 30.7 Å². The maximum Gasteiger partial charge on any atom is 0.508 e. The molecule has 2 aromatic carbocycles. The van der Waals surface area contributed by atoms with Gasteiger partial charge >= 0.3 is 16.6 Å². The zero-order valence-electron chi connectivity index (χ0n) is 14.2. The molecule has 3 rings (SSSR count). The molecular formula is C17H14ClF3N2O2S2. The van der Waals surface area contributed by atoms with E-state index in [-0.39, 0.29) is 5.75 Å². The van der Waals surface area contributed by atoms with Crippen molar-refractivity contribution in [2.75, 3.05) is 5.75 Å². The Morgan fingerprint density at radius 1 is 1.26 bits per heavy atom. The number of imidazole rings is 1. The van der Waals surface area contributed by atoms with Gasteiger partial charge in [-0.2, -0.15) is 13.2 Å². The summed E-state index contributed by atoms with van der Waals surface area (Å²) >= 11 is 4.28. The summed E-state index contributed by atoms with van der Waals surface area (Å²) in [4.78, 5) is 5.49. The fourth-order valence-corrected chi connectivity index (χ4v) is 4.01. The topological polar surface area (TPSA) is 44.1 Å². The van der Waals surface area contributed by atoms with Gasteiger partial charge < -0.3 is 8.75 Å². The number of aromatic nitrogens is 2. The summed E-state index contributed by atoms with van der Waals surface area (Å²) in [7, 11) is 1.81. The summed E-state index contributed by atoms with van der Waals surface area (Å²) in [6.07, 6.45) is 0. The molecule has 1 atom stereocenters. The minimum absolute atomic E-state index is 0.165. The van der Waals surface area contributed by atoms with Gasteiger partial charge in [-0.25, -0.2) is 9.19 Å². The third kappa shape index (κ3) is 4.25. The molecule has 1 unspecified atom stereocenters. The number of hydrogen-bond donors (Lipinski definition) is 0. The third-order valence-electron chi connectivity index (χ3n) is 3.70. The molecule has 144 valence electrons. The first-order valence-corrected chi connectivity index (χ1v) is 10.2. The van der Waals surface area contributed by atoms with Crippen LogP contribution < -0.4 is 4.18 Å². The number of alkyl halides is 3. The van der Waals surface area contributed by atoms with Crippen LogP contribution in [0.3, 0.4) is 0 Å². The zero-order chi connectivity index (χ0) is 19.8. The number of rotatable bonds is 5. The zero-order valence-corrected chi connectivity index (χ0v) is 16.6. The first-order valence-electron chi connectivity index (χ1n) is 7.77. The molecule has 3 aromatic rings. The lowest BCUT2D eigenvalue weighted by Gasteiger charge is -2.09. The predicted molar refractivity (Wildman–Crippen MR) is 102 cm³/mol. The Morgan fingerprint density at radius 2 is 2.00 bits per heavy atom. The Morgan fingerprint density at radius 3 is 2.67 bits per heavy atom. The molecule has 1 aromatic heterocycles. The summed E-state index contributed by atoms with van der Waals surface area (Å²) in [5, 5.41) is 0.610. The average Bonchev–Trinajstić information content (AvgIpc) is 2.91. The van der Waals surface area contributed by atoms with E-state index in [2.05, 4.69) is 9.17 Å². The number of benzene rings is 2. The Balaban J connectivity index is 2.04. The molecule has 0 amide bonds. The van der Waals surface area contributed by atoms with Crippen molar-refractivity contribution in [3.63, 3.8) is 0 Å². The molecule has 0 radical (unpaired) electrons. The van der Waals surface area contributed by atoms with Crippen molar-refractivity contribution in [2.45, 2.75) is 17.3 Å². The minimum Gasteiger partial charge on any atom is -0.394 e. The Bertz CT molecular complexity index is 1020. The highest BCUT2D eigenvalue weighted by atomic mass is 35.5. The van der Waals surface area contributed by atoms with Crippen molar-refractivity contribution < 1.29 is 21.6 Å². The highest BCUT2D eigenvalue weighted by Crippen LogP contribution is 2.35. The van der Waals surface area contributed by atoms with Gasteiger partial charge in [0.1, 0.15) is 11.6 Å². The monoisotopic (exact) mass is 434 g/mol. The number of nitrogens with zero attached hydrogens (tertiary/aromatic N) is 2. The quantitative estimate of drug-likeness (QED) is 0.492. The van der Waals surface area contributed by atoms with Crippen LogP contribution in [0.5, 0.6) is 5.75 Å². The molecule has 0 aliphatic heterocycles. The molecule has 0 bridgehead atoms. The van der Waals surface area contributed by atoms with Gasteiger partial charge in [-0.3, -0.25) is 0 Å². The lowest BCUT2D eigenvalue weighted by Crippen LogP contribution is -2.20. The van der Waals surface area contributed by atoms with Gasteiger partial charge in [0, 0.05) is 28.6 Å². The molecule has 4 nitrogen and oxygen atoms in total. The Kier molecular flexibility index (Phi) is 5.73. The standard InChI is InChI=1S/C17H14ClF3N2O2S2/c1-3-26-15-8-10(18)4-6-12(15)16-22-13-9-11(5-7-14(13)23(16)2)25-27(24)17(19,20)21/h4-9H,3H2,1-2H3.